The second-order valence-electron chi connectivity index (χ2n) is 5.12. The summed E-state index contributed by atoms with van der Waals surface area (Å²) in [4.78, 5) is 0. The summed E-state index contributed by atoms with van der Waals surface area (Å²) >= 11 is 1.48. The predicted octanol–water partition coefficient (Wildman–Crippen LogP) is 2.87. The Hall–Kier alpha value is -1.66. The zero-order valence-corrected chi connectivity index (χ0v) is 13.4. The van der Waals surface area contributed by atoms with Crippen LogP contribution in [0.4, 0.5) is 0 Å². The van der Waals surface area contributed by atoms with E-state index in [1.54, 1.807) is 7.11 Å². The van der Waals surface area contributed by atoms with Crippen LogP contribution in [0.2, 0.25) is 0 Å². The molecule has 0 unspecified atom stereocenters. The highest BCUT2D eigenvalue weighted by Gasteiger charge is 2.05. The second-order valence-corrected chi connectivity index (χ2v) is 6.15. The number of aromatic nitrogens is 2. The molecule has 1 aromatic carbocycles. The van der Waals surface area contributed by atoms with Gasteiger partial charge in [0.2, 0.25) is 0 Å². The molecule has 1 heterocycles. The zero-order chi connectivity index (χ0) is 15.1. The Labute approximate surface area is 129 Å². The molecule has 0 aliphatic rings. The van der Waals surface area contributed by atoms with E-state index < -0.39 is 0 Å². The van der Waals surface area contributed by atoms with Gasteiger partial charge in [0.25, 0.3) is 5.19 Å². The van der Waals surface area contributed by atoms with E-state index in [1.165, 1.54) is 11.3 Å². The summed E-state index contributed by atoms with van der Waals surface area (Å²) < 4.78 is 10.8. The van der Waals surface area contributed by atoms with Gasteiger partial charge >= 0.3 is 0 Å². The van der Waals surface area contributed by atoms with Crippen LogP contribution >= 0.6 is 11.3 Å². The van der Waals surface area contributed by atoms with Crippen molar-refractivity contribution in [3.8, 4) is 10.9 Å². The molecule has 21 heavy (non-hydrogen) atoms. The van der Waals surface area contributed by atoms with E-state index in [2.05, 4.69) is 29.4 Å². The van der Waals surface area contributed by atoms with Crippen molar-refractivity contribution in [2.75, 3.05) is 13.7 Å². The lowest BCUT2D eigenvalue weighted by molar-refractivity contribution is 0.301. The summed E-state index contributed by atoms with van der Waals surface area (Å²) in [6.07, 6.45) is 0. The molecule has 0 spiro atoms. The number of methoxy groups -OCH3 is 1. The van der Waals surface area contributed by atoms with Crippen molar-refractivity contribution < 1.29 is 9.47 Å². The summed E-state index contributed by atoms with van der Waals surface area (Å²) in [5, 5.41) is 13.0. The van der Waals surface area contributed by atoms with Crippen LogP contribution in [0.25, 0.3) is 0 Å². The van der Waals surface area contributed by atoms with Gasteiger partial charge in [-0.15, -0.1) is 5.10 Å². The molecule has 2 rings (SSSR count). The number of rotatable bonds is 8. The van der Waals surface area contributed by atoms with E-state index in [4.69, 9.17) is 9.47 Å². The summed E-state index contributed by atoms with van der Waals surface area (Å²) in [7, 11) is 1.65. The second kappa shape index (κ2) is 7.95. The minimum Gasteiger partial charge on any atom is -0.497 e. The molecule has 0 saturated heterocycles. The SMILES string of the molecule is COc1ccc(COc2nnc(CNCC(C)C)s2)cc1. The van der Waals surface area contributed by atoms with Crippen molar-refractivity contribution in [2.45, 2.75) is 27.0 Å². The topological polar surface area (TPSA) is 56.3 Å². The standard InChI is InChI=1S/C15H21N3O2S/c1-11(2)8-16-9-14-17-18-15(21-14)20-10-12-4-6-13(19-3)7-5-12/h4-7,11,16H,8-10H2,1-3H3. The van der Waals surface area contributed by atoms with Crippen LogP contribution in [-0.4, -0.2) is 23.9 Å². The van der Waals surface area contributed by atoms with Gasteiger partial charge < -0.3 is 14.8 Å². The van der Waals surface area contributed by atoms with Gasteiger partial charge in [-0.05, 0) is 30.2 Å². The zero-order valence-electron chi connectivity index (χ0n) is 12.6. The third-order valence-corrected chi connectivity index (χ3v) is 3.63. The largest absolute Gasteiger partial charge is 0.497 e. The van der Waals surface area contributed by atoms with Crippen molar-refractivity contribution in [1.29, 1.82) is 0 Å². The van der Waals surface area contributed by atoms with Crippen molar-refractivity contribution in [2.24, 2.45) is 5.92 Å². The van der Waals surface area contributed by atoms with Crippen LogP contribution in [0, 0.1) is 5.92 Å². The van der Waals surface area contributed by atoms with Crippen LogP contribution in [0.15, 0.2) is 24.3 Å². The Morgan fingerprint density at radius 3 is 2.62 bits per heavy atom. The molecule has 0 radical (unpaired) electrons. The van der Waals surface area contributed by atoms with Gasteiger partial charge in [-0.2, -0.15) is 0 Å². The Morgan fingerprint density at radius 2 is 1.95 bits per heavy atom. The molecule has 114 valence electrons. The maximum atomic E-state index is 5.65. The summed E-state index contributed by atoms with van der Waals surface area (Å²) in [6, 6.07) is 7.79. The van der Waals surface area contributed by atoms with Crippen molar-refractivity contribution >= 4 is 11.3 Å². The van der Waals surface area contributed by atoms with Crippen LogP contribution in [0.5, 0.6) is 10.9 Å². The number of hydrogen-bond donors (Lipinski definition) is 1. The van der Waals surface area contributed by atoms with E-state index in [1.807, 2.05) is 24.3 Å². The lowest BCUT2D eigenvalue weighted by Crippen LogP contribution is -2.18. The number of nitrogens with zero attached hydrogens (tertiary/aromatic N) is 2. The highest BCUT2D eigenvalue weighted by Crippen LogP contribution is 2.19. The van der Waals surface area contributed by atoms with Crippen LogP contribution in [0.1, 0.15) is 24.4 Å². The molecular formula is C15H21N3O2S. The van der Waals surface area contributed by atoms with Gasteiger partial charge in [0, 0.05) is 6.54 Å². The lowest BCUT2D eigenvalue weighted by atomic mass is 10.2. The number of benzene rings is 1. The third-order valence-electron chi connectivity index (χ3n) is 2.80. The van der Waals surface area contributed by atoms with Gasteiger partial charge in [-0.3, -0.25) is 0 Å². The Bertz CT molecular complexity index is 540. The van der Waals surface area contributed by atoms with E-state index in [0.717, 1.165) is 29.4 Å². The minimum atomic E-state index is 0.484. The van der Waals surface area contributed by atoms with Gasteiger partial charge in [0.05, 0.1) is 7.11 Å². The van der Waals surface area contributed by atoms with E-state index >= 15 is 0 Å². The number of nitrogens with one attached hydrogen (secondary N) is 1. The average Bonchev–Trinajstić information content (AvgIpc) is 2.93. The van der Waals surface area contributed by atoms with Crippen molar-refractivity contribution in [3.05, 3.63) is 34.8 Å². The van der Waals surface area contributed by atoms with Gasteiger partial charge in [0.15, 0.2) is 0 Å². The van der Waals surface area contributed by atoms with Crippen molar-refractivity contribution in [3.63, 3.8) is 0 Å². The highest BCUT2D eigenvalue weighted by atomic mass is 32.1. The maximum Gasteiger partial charge on any atom is 0.294 e. The molecular weight excluding hydrogens is 286 g/mol. The minimum absolute atomic E-state index is 0.484. The Kier molecular flexibility index (Phi) is 5.95. The van der Waals surface area contributed by atoms with Crippen LogP contribution in [-0.2, 0) is 13.2 Å². The molecule has 0 amide bonds. The smallest absolute Gasteiger partial charge is 0.294 e. The summed E-state index contributed by atoms with van der Waals surface area (Å²) in [5.41, 5.74) is 1.07. The predicted molar refractivity (Wildman–Crippen MR) is 83.8 cm³/mol. The summed E-state index contributed by atoms with van der Waals surface area (Å²) in [6.45, 7) is 6.55. The fraction of sp³-hybridized carbons (Fsp3) is 0.467. The number of hydrogen-bond acceptors (Lipinski definition) is 6. The first-order valence-corrected chi connectivity index (χ1v) is 7.78. The average molecular weight is 307 g/mol. The highest BCUT2D eigenvalue weighted by molar-refractivity contribution is 7.13. The Morgan fingerprint density at radius 1 is 1.19 bits per heavy atom. The molecule has 6 heteroatoms. The van der Waals surface area contributed by atoms with E-state index in [9.17, 15) is 0 Å². The van der Waals surface area contributed by atoms with Crippen LogP contribution < -0.4 is 14.8 Å². The first-order valence-electron chi connectivity index (χ1n) is 6.96. The van der Waals surface area contributed by atoms with E-state index in [0.29, 0.717) is 17.7 Å². The maximum absolute atomic E-state index is 5.65. The first kappa shape index (κ1) is 15.7. The molecule has 1 aromatic heterocycles. The molecule has 0 atom stereocenters. The molecule has 2 aromatic rings. The van der Waals surface area contributed by atoms with Crippen LogP contribution in [0.3, 0.4) is 0 Å². The van der Waals surface area contributed by atoms with E-state index in [-0.39, 0.29) is 0 Å². The van der Waals surface area contributed by atoms with Gasteiger partial charge in [-0.25, -0.2) is 0 Å². The van der Waals surface area contributed by atoms with Gasteiger partial charge in [-0.1, -0.05) is 42.4 Å². The quantitative estimate of drug-likeness (QED) is 0.812. The molecule has 0 aliphatic heterocycles. The monoisotopic (exact) mass is 307 g/mol. The summed E-state index contributed by atoms with van der Waals surface area (Å²) in [5.74, 6) is 1.47. The molecule has 5 nitrogen and oxygen atoms in total. The fourth-order valence-corrected chi connectivity index (χ4v) is 2.36. The molecule has 0 fully saturated rings. The third kappa shape index (κ3) is 5.32. The number of ether oxygens (including phenoxy) is 2. The lowest BCUT2D eigenvalue weighted by Gasteiger charge is -2.04. The molecule has 1 N–H and O–H groups in total. The molecule has 0 saturated carbocycles. The normalized spacial score (nSPS) is 10.9. The van der Waals surface area contributed by atoms with Gasteiger partial charge in [0.1, 0.15) is 17.4 Å². The van der Waals surface area contributed by atoms with Crippen molar-refractivity contribution in [1.82, 2.24) is 15.5 Å². The molecule has 0 aliphatic carbocycles. The fourth-order valence-electron chi connectivity index (χ4n) is 1.70. The Balaban J connectivity index is 1.79. The first-order chi connectivity index (χ1) is 10.2. The molecule has 0 bridgehead atoms.